The van der Waals surface area contributed by atoms with E-state index in [2.05, 4.69) is 17.8 Å². The number of hydrogen-bond donors (Lipinski definition) is 2. The summed E-state index contributed by atoms with van der Waals surface area (Å²) in [5.41, 5.74) is 1.29. The van der Waals surface area contributed by atoms with Crippen molar-refractivity contribution in [2.24, 2.45) is 11.7 Å². The fourth-order valence-electron chi connectivity index (χ4n) is 0.564. The molecule has 0 aromatic carbocycles. The average molecular weight is 158 g/mol. The molecule has 3 nitrogen and oxygen atoms in total. The Morgan fingerprint density at radius 3 is 2.00 bits per heavy atom. The first kappa shape index (κ1) is 13.0. The van der Waals surface area contributed by atoms with Gasteiger partial charge in [0.2, 0.25) is 0 Å². The Morgan fingerprint density at radius 2 is 1.73 bits per heavy atom. The van der Waals surface area contributed by atoms with E-state index in [1.807, 2.05) is 13.8 Å². The van der Waals surface area contributed by atoms with Crippen molar-refractivity contribution >= 4 is 5.78 Å². The van der Waals surface area contributed by atoms with Crippen molar-refractivity contribution in [3.63, 3.8) is 0 Å². The molecule has 0 atom stereocenters. The number of Topliss-reactive ketones (excluding diaryl/α,β-unsaturated/α-hetero) is 1. The van der Waals surface area contributed by atoms with Crippen LogP contribution in [0.3, 0.4) is 0 Å². The molecule has 3 heteroatoms. The third-order valence-electron chi connectivity index (χ3n) is 1.05. The highest BCUT2D eigenvalue weighted by molar-refractivity contribution is 5.75. The Morgan fingerprint density at radius 1 is 1.27 bits per heavy atom. The van der Waals surface area contributed by atoms with Crippen LogP contribution in [-0.4, -0.2) is 5.78 Å². The first-order chi connectivity index (χ1) is 5.13. The predicted molar refractivity (Wildman–Crippen MR) is 47.7 cm³/mol. The van der Waals surface area contributed by atoms with E-state index in [9.17, 15) is 4.79 Å². The molecule has 0 aliphatic carbocycles. The second-order valence-electron chi connectivity index (χ2n) is 2.52. The van der Waals surface area contributed by atoms with Crippen LogP contribution in [0.1, 0.15) is 33.6 Å². The van der Waals surface area contributed by atoms with Crippen LogP contribution in [0.25, 0.3) is 0 Å². The van der Waals surface area contributed by atoms with Gasteiger partial charge in [0.1, 0.15) is 5.78 Å². The summed E-state index contributed by atoms with van der Waals surface area (Å²) in [4.78, 5) is 10.4. The summed E-state index contributed by atoms with van der Waals surface area (Å²) in [7, 11) is 0. The summed E-state index contributed by atoms with van der Waals surface area (Å²) >= 11 is 0. The average Bonchev–Trinajstić information content (AvgIpc) is 1.90. The molecular formula is C8H18N2O. The normalized spacial score (nSPS) is 7.73. The van der Waals surface area contributed by atoms with Gasteiger partial charge in [0, 0.05) is 6.42 Å². The summed E-state index contributed by atoms with van der Waals surface area (Å²) in [5.74, 6) is 8.27. The van der Waals surface area contributed by atoms with Gasteiger partial charge < -0.3 is 4.79 Å². The largest absolute Gasteiger partial charge is 0.300 e. The lowest BCUT2D eigenvalue weighted by Crippen LogP contribution is -2.02. The standard InChI is InChI=1S/C8H14O.H4N2/c1-7(2)5-4-6-8(3)9;1-2/h5H,4,6H2,1-3H3;1-2H2. The zero-order valence-corrected chi connectivity index (χ0v) is 7.55. The minimum atomic E-state index is 0.271. The van der Waals surface area contributed by atoms with Crippen molar-refractivity contribution in [1.29, 1.82) is 0 Å². The molecule has 0 spiro atoms. The molecule has 0 rings (SSSR count). The maximum absolute atomic E-state index is 10.4. The second-order valence-corrected chi connectivity index (χ2v) is 2.52. The van der Waals surface area contributed by atoms with E-state index < -0.39 is 0 Å². The quantitative estimate of drug-likeness (QED) is 0.367. The van der Waals surface area contributed by atoms with Gasteiger partial charge in [0.25, 0.3) is 0 Å². The minimum Gasteiger partial charge on any atom is -0.300 e. The Kier molecular flexibility index (Phi) is 11.0. The summed E-state index contributed by atoms with van der Waals surface area (Å²) in [6, 6.07) is 0. The van der Waals surface area contributed by atoms with Crippen LogP contribution >= 0.6 is 0 Å². The fourth-order valence-corrected chi connectivity index (χ4v) is 0.564. The molecule has 0 saturated carbocycles. The highest BCUT2D eigenvalue weighted by Gasteiger charge is 1.88. The third-order valence-corrected chi connectivity index (χ3v) is 1.05. The molecule has 0 aromatic heterocycles. The Labute approximate surface area is 68.4 Å². The first-order valence-electron chi connectivity index (χ1n) is 3.59. The maximum Gasteiger partial charge on any atom is 0.130 e. The van der Waals surface area contributed by atoms with Crippen LogP contribution in [0.5, 0.6) is 0 Å². The van der Waals surface area contributed by atoms with Crippen LogP contribution in [-0.2, 0) is 4.79 Å². The monoisotopic (exact) mass is 158 g/mol. The van der Waals surface area contributed by atoms with Crippen molar-refractivity contribution < 1.29 is 4.79 Å². The van der Waals surface area contributed by atoms with Gasteiger partial charge in [-0.1, -0.05) is 11.6 Å². The molecule has 11 heavy (non-hydrogen) atoms. The molecular weight excluding hydrogens is 140 g/mol. The van der Waals surface area contributed by atoms with E-state index in [4.69, 9.17) is 0 Å². The van der Waals surface area contributed by atoms with E-state index >= 15 is 0 Å². The molecule has 0 amide bonds. The SMILES string of the molecule is CC(=O)CCC=C(C)C.NN. The van der Waals surface area contributed by atoms with Crippen LogP contribution in [0.15, 0.2) is 11.6 Å². The Hall–Kier alpha value is -0.670. The van der Waals surface area contributed by atoms with Gasteiger partial charge in [-0.2, -0.15) is 0 Å². The molecule has 0 radical (unpaired) electrons. The van der Waals surface area contributed by atoms with Gasteiger partial charge >= 0.3 is 0 Å². The lowest BCUT2D eigenvalue weighted by molar-refractivity contribution is -0.116. The number of rotatable bonds is 3. The van der Waals surface area contributed by atoms with Gasteiger partial charge in [-0.15, -0.1) is 0 Å². The van der Waals surface area contributed by atoms with Crippen LogP contribution in [0, 0.1) is 0 Å². The Balaban J connectivity index is 0. The zero-order chi connectivity index (χ0) is 9.28. The van der Waals surface area contributed by atoms with Crippen molar-refractivity contribution in [3.8, 4) is 0 Å². The number of hydrazine groups is 1. The van der Waals surface area contributed by atoms with Crippen molar-refractivity contribution in [3.05, 3.63) is 11.6 Å². The van der Waals surface area contributed by atoms with E-state index in [-0.39, 0.29) is 5.78 Å². The van der Waals surface area contributed by atoms with Gasteiger partial charge in [-0.25, -0.2) is 0 Å². The van der Waals surface area contributed by atoms with Crippen LogP contribution in [0.4, 0.5) is 0 Å². The molecule has 0 saturated heterocycles. The minimum absolute atomic E-state index is 0.271. The number of nitrogens with two attached hydrogens (primary N) is 2. The molecule has 0 heterocycles. The highest BCUT2D eigenvalue weighted by atomic mass is 16.1. The Bertz CT molecular complexity index is 126. The lowest BCUT2D eigenvalue weighted by Gasteiger charge is -1.89. The lowest BCUT2D eigenvalue weighted by atomic mass is 10.2. The number of carbonyl (C=O) groups is 1. The third kappa shape index (κ3) is 17.6. The summed E-state index contributed by atoms with van der Waals surface area (Å²) < 4.78 is 0. The summed E-state index contributed by atoms with van der Waals surface area (Å²) in [6.45, 7) is 5.71. The number of allylic oxidation sites excluding steroid dienone is 2. The number of carbonyl (C=O) groups excluding carboxylic acids is 1. The molecule has 0 unspecified atom stereocenters. The number of hydrogen-bond acceptors (Lipinski definition) is 3. The molecule has 66 valence electrons. The summed E-state index contributed by atoms with van der Waals surface area (Å²) in [5, 5.41) is 0. The molecule has 0 aliphatic heterocycles. The van der Waals surface area contributed by atoms with E-state index in [0.29, 0.717) is 6.42 Å². The van der Waals surface area contributed by atoms with Crippen LogP contribution < -0.4 is 11.7 Å². The fraction of sp³-hybridized carbons (Fsp3) is 0.625. The molecule has 0 aromatic rings. The molecule has 4 N–H and O–H groups in total. The molecule has 0 fully saturated rings. The smallest absolute Gasteiger partial charge is 0.130 e. The topological polar surface area (TPSA) is 69.1 Å². The van der Waals surface area contributed by atoms with Crippen molar-refractivity contribution in [1.82, 2.24) is 0 Å². The van der Waals surface area contributed by atoms with Gasteiger partial charge in [-0.3, -0.25) is 11.7 Å². The second kappa shape index (κ2) is 9.33. The first-order valence-corrected chi connectivity index (χ1v) is 3.59. The van der Waals surface area contributed by atoms with Crippen molar-refractivity contribution in [2.45, 2.75) is 33.6 Å². The molecule has 0 aliphatic rings. The van der Waals surface area contributed by atoms with E-state index in [1.54, 1.807) is 6.92 Å². The molecule has 0 bridgehead atoms. The van der Waals surface area contributed by atoms with Gasteiger partial charge in [0.05, 0.1) is 0 Å². The highest BCUT2D eigenvalue weighted by Crippen LogP contribution is 1.96. The van der Waals surface area contributed by atoms with E-state index in [1.165, 1.54) is 5.57 Å². The van der Waals surface area contributed by atoms with Gasteiger partial charge in [-0.05, 0) is 27.2 Å². The predicted octanol–water partition coefficient (Wildman–Crippen LogP) is 1.14. The van der Waals surface area contributed by atoms with Gasteiger partial charge in [0.15, 0.2) is 0 Å². The summed E-state index contributed by atoms with van der Waals surface area (Å²) in [6.07, 6.45) is 3.67. The van der Waals surface area contributed by atoms with E-state index in [0.717, 1.165) is 6.42 Å². The maximum atomic E-state index is 10.4. The van der Waals surface area contributed by atoms with Crippen molar-refractivity contribution in [2.75, 3.05) is 0 Å². The zero-order valence-electron chi connectivity index (χ0n) is 7.55. The number of ketones is 1. The van der Waals surface area contributed by atoms with Crippen LogP contribution in [0.2, 0.25) is 0 Å².